The van der Waals surface area contributed by atoms with E-state index in [1.54, 1.807) is 0 Å². The third-order valence-electron chi connectivity index (χ3n) is 3.94. The summed E-state index contributed by atoms with van der Waals surface area (Å²) in [5.41, 5.74) is 6.13. The van der Waals surface area contributed by atoms with Crippen LogP contribution in [0.15, 0.2) is 12.4 Å². The Hall–Kier alpha value is -1.31. The van der Waals surface area contributed by atoms with Gasteiger partial charge in [-0.15, -0.1) is 0 Å². The third-order valence-corrected chi connectivity index (χ3v) is 3.94. The van der Waals surface area contributed by atoms with Crippen LogP contribution < -0.4 is 5.73 Å². The van der Waals surface area contributed by atoms with Crippen molar-refractivity contribution in [2.45, 2.75) is 43.7 Å². The average molecular weight is 309 g/mol. The topological polar surface area (TPSA) is 51.8 Å². The summed E-state index contributed by atoms with van der Waals surface area (Å²) in [6.45, 7) is 0.172. The molecule has 118 valence electrons. The highest BCUT2D eigenvalue weighted by Gasteiger charge is 2.38. The number of rotatable bonds is 3. The molecule has 1 atom stereocenters. The molecule has 0 aromatic carbocycles. The Balaban J connectivity index is 2.11. The molecule has 3 nitrogen and oxygen atoms in total. The summed E-state index contributed by atoms with van der Waals surface area (Å²) < 4.78 is 63.5. The van der Waals surface area contributed by atoms with Gasteiger partial charge in [0.05, 0.1) is 0 Å². The first-order valence-electron chi connectivity index (χ1n) is 6.70. The minimum absolute atomic E-state index is 0.0741. The first kappa shape index (κ1) is 16.1. The summed E-state index contributed by atoms with van der Waals surface area (Å²) in [4.78, 5) is 6.60. The van der Waals surface area contributed by atoms with Crippen molar-refractivity contribution in [3.8, 4) is 0 Å². The molecule has 1 aromatic heterocycles. The molecule has 2 N–H and O–H groups in total. The molecule has 21 heavy (non-hydrogen) atoms. The normalized spacial score (nSPS) is 21.2. The number of nitrogens with zero attached hydrogens (tertiary/aromatic N) is 2. The molecule has 8 heteroatoms. The predicted octanol–water partition coefficient (Wildman–Crippen LogP) is 3.36. The number of alkyl halides is 5. The lowest BCUT2D eigenvalue weighted by Crippen LogP contribution is -2.30. The van der Waals surface area contributed by atoms with Crippen LogP contribution in [0.2, 0.25) is 0 Å². The SMILES string of the molecule is NC[C@H](c1cnc(C(F)(F)F)nc1)C1CCC(F)(F)CC1. The monoisotopic (exact) mass is 309 g/mol. The first-order valence-corrected chi connectivity index (χ1v) is 6.70. The smallest absolute Gasteiger partial charge is 0.330 e. The van der Waals surface area contributed by atoms with Crippen molar-refractivity contribution in [1.29, 1.82) is 0 Å². The molecule has 0 aliphatic heterocycles. The molecule has 0 bridgehead atoms. The summed E-state index contributed by atoms with van der Waals surface area (Å²) >= 11 is 0. The van der Waals surface area contributed by atoms with Crippen molar-refractivity contribution in [2.24, 2.45) is 11.7 Å². The van der Waals surface area contributed by atoms with Gasteiger partial charge in [0.15, 0.2) is 0 Å². The zero-order chi connectivity index (χ0) is 15.7. The van der Waals surface area contributed by atoms with Crippen molar-refractivity contribution in [2.75, 3.05) is 6.54 Å². The zero-order valence-corrected chi connectivity index (χ0v) is 11.2. The second kappa shape index (κ2) is 5.82. The molecule has 1 aliphatic rings. The maximum absolute atomic E-state index is 13.2. The Labute approximate surface area is 118 Å². The fourth-order valence-electron chi connectivity index (χ4n) is 2.74. The minimum Gasteiger partial charge on any atom is -0.330 e. The average Bonchev–Trinajstić information content (AvgIpc) is 2.41. The van der Waals surface area contributed by atoms with E-state index in [1.165, 1.54) is 0 Å². The van der Waals surface area contributed by atoms with E-state index in [0.29, 0.717) is 18.4 Å². The van der Waals surface area contributed by atoms with E-state index >= 15 is 0 Å². The third kappa shape index (κ3) is 3.87. The maximum atomic E-state index is 13.2. The highest BCUT2D eigenvalue weighted by Crippen LogP contribution is 2.41. The summed E-state index contributed by atoms with van der Waals surface area (Å²) in [7, 11) is 0. The highest BCUT2D eigenvalue weighted by atomic mass is 19.4. The molecular weight excluding hydrogens is 293 g/mol. The summed E-state index contributed by atoms with van der Waals surface area (Å²) in [6, 6.07) is 0. The Morgan fingerprint density at radius 1 is 1.19 bits per heavy atom. The van der Waals surface area contributed by atoms with Gasteiger partial charge in [-0.1, -0.05) is 0 Å². The molecule has 1 fully saturated rings. The van der Waals surface area contributed by atoms with E-state index in [2.05, 4.69) is 9.97 Å². The summed E-state index contributed by atoms with van der Waals surface area (Å²) in [6.07, 6.45) is -2.22. The van der Waals surface area contributed by atoms with Crippen LogP contribution in [-0.2, 0) is 6.18 Å². The lowest BCUT2D eigenvalue weighted by atomic mass is 9.76. The maximum Gasteiger partial charge on any atom is 0.451 e. The van der Waals surface area contributed by atoms with Crippen molar-refractivity contribution in [3.63, 3.8) is 0 Å². The molecular formula is C13H16F5N3. The summed E-state index contributed by atoms with van der Waals surface area (Å²) in [5.74, 6) is -4.22. The molecule has 1 heterocycles. The van der Waals surface area contributed by atoms with Crippen LogP contribution in [0.3, 0.4) is 0 Å². The van der Waals surface area contributed by atoms with Crippen molar-refractivity contribution < 1.29 is 22.0 Å². The Kier molecular flexibility index (Phi) is 4.46. The van der Waals surface area contributed by atoms with Crippen LogP contribution in [-0.4, -0.2) is 22.4 Å². The van der Waals surface area contributed by atoms with Crippen LogP contribution in [0.5, 0.6) is 0 Å². The molecule has 0 unspecified atom stereocenters. The van der Waals surface area contributed by atoms with Crippen molar-refractivity contribution in [1.82, 2.24) is 9.97 Å². The van der Waals surface area contributed by atoms with Gasteiger partial charge in [0.2, 0.25) is 11.7 Å². The molecule has 1 aromatic rings. The van der Waals surface area contributed by atoms with Gasteiger partial charge in [-0.05, 0) is 30.9 Å². The van der Waals surface area contributed by atoms with Crippen LogP contribution in [0.25, 0.3) is 0 Å². The molecule has 0 radical (unpaired) electrons. The molecule has 0 spiro atoms. The quantitative estimate of drug-likeness (QED) is 0.871. The van der Waals surface area contributed by atoms with Gasteiger partial charge in [-0.2, -0.15) is 13.2 Å². The van der Waals surface area contributed by atoms with Crippen LogP contribution in [0.4, 0.5) is 22.0 Å². The zero-order valence-electron chi connectivity index (χ0n) is 11.2. The first-order chi connectivity index (χ1) is 9.73. The second-order valence-electron chi connectivity index (χ2n) is 5.37. The lowest BCUT2D eigenvalue weighted by molar-refractivity contribution is -0.145. The van der Waals surface area contributed by atoms with Gasteiger partial charge >= 0.3 is 6.18 Å². The van der Waals surface area contributed by atoms with Gasteiger partial charge < -0.3 is 5.73 Å². The number of hydrogen-bond donors (Lipinski definition) is 1. The van der Waals surface area contributed by atoms with Crippen LogP contribution >= 0.6 is 0 Å². The molecule has 0 saturated heterocycles. The van der Waals surface area contributed by atoms with Gasteiger partial charge in [-0.3, -0.25) is 0 Å². The molecule has 2 rings (SSSR count). The number of nitrogens with two attached hydrogens (primary N) is 1. The van der Waals surface area contributed by atoms with Gasteiger partial charge in [0.1, 0.15) is 0 Å². The molecule has 0 amide bonds. The van der Waals surface area contributed by atoms with E-state index in [4.69, 9.17) is 5.73 Å². The lowest BCUT2D eigenvalue weighted by Gasteiger charge is -2.33. The number of halogens is 5. The van der Waals surface area contributed by atoms with Crippen LogP contribution in [0, 0.1) is 5.92 Å². The predicted molar refractivity (Wildman–Crippen MR) is 65.7 cm³/mol. The van der Waals surface area contributed by atoms with E-state index in [0.717, 1.165) is 12.4 Å². The Morgan fingerprint density at radius 2 is 1.71 bits per heavy atom. The Bertz CT molecular complexity index is 462. The largest absolute Gasteiger partial charge is 0.451 e. The molecule has 1 aliphatic carbocycles. The van der Waals surface area contributed by atoms with E-state index in [-0.39, 0.29) is 31.2 Å². The second-order valence-corrected chi connectivity index (χ2v) is 5.37. The standard InChI is InChI=1S/C13H16F5N3/c14-12(15)3-1-8(2-4-12)10(5-19)9-6-20-11(21-7-9)13(16,17)18/h6-8,10H,1-5,19H2/t10-/m0/s1. The van der Waals surface area contributed by atoms with Gasteiger partial charge in [-0.25, -0.2) is 18.7 Å². The van der Waals surface area contributed by atoms with Gasteiger partial charge in [0.25, 0.3) is 0 Å². The van der Waals surface area contributed by atoms with E-state index < -0.39 is 17.9 Å². The molecule has 1 saturated carbocycles. The van der Waals surface area contributed by atoms with Gasteiger partial charge in [0, 0.05) is 31.2 Å². The minimum atomic E-state index is -4.59. The number of aromatic nitrogens is 2. The van der Waals surface area contributed by atoms with Crippen molar-refractivity contribution >= 4 is 0 Å². The Morgan fingerprint density at radius 3 is 2.14 bits per heavy atom. The van der Waals surface area contributed by atoms with E-state index in [9.17, 15) is 22.0 Å². The highest BCUT2D eigenvalue weighted by molar-refractivity contribution is 5.15. The number of hydrogen-bond acceptors (Lipinski definition) is 3. The fraction of sp³-hybridized carbons (Fsp3) is 0.692. The van der Waals surface area contributed by atoms with Crippen molar-refractivity contribution in [3.05, 3.63) is 23.8 Å². The van der Waals surface area contributed by atoms with Crippen LogP contribution in [0.1, 0.15) is 43.0 Å². The summed E-state index contributed by atoms with van der Waals surface area (Å²) in [5, 5.41) is 0. The van der Waals surface area contributed by atoms with E-state index in [1.807, 2.05) is 0 Å². The fourth-order valence-corrected chi connectivity index (χ4v) is 2.74.